The first-order valence-electron chi connectivity index (χ1n) is 11.0. The molecule has 0 aliphatic carbocycles. The van der Waals surface area contributed by atoms with Crippen LogP contribution in [-0.4, -0.2) is 61.9 Å². The van der Waals surface area contributed by atoms with E-state index in [1.54, 1.807) is 6.92 Å². The molecule has 4 rings (SSSR count). The highest BCUT2D eigenvalue weighted by molar-refractivity contribution is 5.85. The van der Waals surface area contributed by atoms with Crippen LogP contribution in [0.2, 0.25) is 0 Å². The van der Waals surface area contributed by atoms with Crippen molar-refractivity contribution in [2.45, 2.75) is 18.9 Å². The van der Waals surface area contributed by atoms with Crippen molar-refractivity contribution in [3.63, 3.8) is 0 Å². The summed E-state index contributed by atoms with van der Waals surface area (Å²) in [5, 5.41) is 9.90. The number of carbonyl (C=O) groups excluding carboxylic acids is 1. The first-order valence-corrected chi connectivity index (χ1v) is 11.0. The Balaban J connectivity index is 1.64. The number of nitriles is 1. The zero-order valence-corrected chi connectivity index (χ0v) is 18.8. The summed E-state index contributed by atoms with van der Waals surface area (Å²) in [6.07, 6.45) is -0.468. The van der Waals surface area contributed by atoms with Gasteiger partial charge in [-0.1, -0.05) is 30.3 Å². The van der Waals surface area contributed by atoms with Gasteiger partial charge in [0.15, 0.2) is 11.7 Å². The summed E-state index contributed by atoms with van der Waals surface area (Å²) in [4.78, 5) is 26.8. The molecular formula is C25H27N5O3. The number of hydrogen-bond donors (Lipinski definition) is 0. The molecule has 170 valence electrons. The maximum atomic E-state index is 12.9. The molecule has 0 N–H and O–H groups in total. The molecule has 0 radical (unpaired) electrons. The van der Waals surface area contributed by atoms with E-state index in [4.69, 9.17) is 19.4 Å². The van der Waals surface area contributed by atoms with E-state index in [1.807, 2.05) is 42.5 Å². The lowest BCUT2D eigenvalue weighted by molar-refractivity contribution is -0.150. The predicted octanol–water partition coefficient (Wildman–Crippen LogP) is 3.14. The number of fused-ring (bicyclic) bond motifs is 1. The van der Waals surface area contributed by atoms with Gasteiger partial charge in [-0.05, 0) is 31.2 Å². The Morgan fingerprint density at radius 1 is 1.00 bits per heavy atom. The zero-order valence-electron chi connectivity index (χ0n) is 18.8. The van der Waals surface area contributed by atoms with Crippen LogP contribution in [-0.2, 0) is 14.3 Å². The smallest absolute Gasteiger partial charge is 0.330 e. The van der Waals surface area contributed by atoms with Crippen molar-refractivity contribution in [2.24, 2.45) is 0 Å². The van der Waals surface area contributed by atoms with Crippen molar-refractivity contribution in [2.75, 3.05) is 49.7 Å². The molecule has 2 heterocycles. The highest BCUT2D eigenvalue weighted by Gasteiger charge is 2.32. The third kappa shape index (κ3) is 5.04. The number of hydrogen-bond acceptors (Lipinski definition) is 8. The fourth-order valence-electron chi connectivity index (χ4n) is 4.01. The van der Waals surface area contributed by atoms with Crippen LogP contribution in [0.15, 0.2) is 54.6 Å². The molecule has 2 atom stereocenters. The van der Waals surface area contributed by atoms with Gasteiger partial charge in [-0.15, -0.1) is 0 Å². The van der Waals surface area contributed by atoms with Crippen molar-refractivity contribution < 1.29 is 14.3 Å². The molecule has 0 amide bonds. The maximum Gasteiger partial charge on any atom is 0.330 e. The Labute approximate surface area is 193 Å². The molecule has 1 aromatic heterocycles. The predicted molar refractivity (Wildman–Crippen MR) is 126 cm³/mol. The van der Waals surface area contributed by atoms with Crippen molar-refractivity contribution in [1.29, 1.82) is 5.26 Å². The first kappa shape index (κ1) is 22.5. The van der Waals surface area contributed by atoms with E-state index in [9.17, 15) is 10.1 Å². The van der Waals surface area contributed by atoms with Gasteiger partial charge in [-0.3, -0.25) is 4.79 Å². The molecule has 1 aliphatic heterocycles. The minimum absolute atomic E-state index is 0.252. The standard InChI is InChI=1S/C25H27N5O3/c1-18(17-32-2)33-25(31)20(16-26)23-24(28-22-11-7-6-10-21(22)27-23)30-14-12-29(13-15-30)19-8-4-3-5-9-19/h3-11,18,20H,12-15,17H2,1-2H3/t18-,20+/m1/s1. The summed E-state index contributed by atoms with van der Waals surface area (Å²) in [5.74, 6) is -1.26. The summed E-state index contributed by atoms with van der Waals surface area (Å²) >= 11 is 0. The molecule has 0 spiro atoms. The van der Waals surface area contributed by atoms with Crippen LogP contribution in [0.4, 0.5) is 11.5 Å². The van der Waals surface area contributed by atoms with Crippen LogP contribution in [0.5, 0.6) is 0 Å². The Hall–Kier alpha value is -3.70. The van der Waals surface area contributed by atoms with E-state index in [2.05, 4.69) is 28.0 Å². The number of benzene rings is 2. The second kappa shape index (κ2) is 10.3. The van der Waals surface area contributed by atoms with Gasteiger partial charge in [-0.2, -0.15) is 5.26 Å². The Bertz CT molecular complexity index is 1140. The van der Waals surface area contributed by atoms with Gasteiger partial charge in [0.1, 0.15) is 11.8 Å². The summed E-state index contributed by atoms with van der Waals surface area (Å²) in [6.45, 7) is 4.96. The molecule has 1 aliphatic rings. The van der Waals surface area contributed by atoms with Crippen molar-refractivity contribution in [3.8, 4) is 6.07 Å². The monoisotopic (exact) mass is 445 g/mol. The molecule has 3 aromatic rings. The van der Waals surface area contributed by atoms with Crippen LogP contribution in [0.3, 0.4) is 0 Å². The van der Waals surface area contributed by atoms with Crippen LogP contribution in [0.25, 0.3) is 11.0 Å². The Kier molecular flexibility index (Phi) is 7.01. The average molecular weight is 446 g/mol. The highest BCUT2D eigenvalue weighted by atomic mass is 16.6. The lowest BCUT2D eigenvalue weighted by Crippen LogP contribution is -2.47. The topological polar surface area (TPSA) is 91.6 Å². The Morgan fingerprint density at radius 2 is 1.61 bits per heavy atom. The summed E-state index contributed by atoms with van der Waals surface area (Å²) in [7, 11) is 1.54. The lowest BCUT2D eigenvalue weighted by atomic mass is 10.1. The number of piperazine rings is 1. The molecule has 0 saturated carbocycles. The number of esters is 1. The van der Waals surface area contributed by atoms with Crippen LogP contribution < -0.4 is 9.80 Å². The molecule has 8 heteroatoms. The first-order chi connectivity index (χ1) is 16.1. The quantitative estimate of drug-likeness (QED) is 0.512. The molecule has 0 bridgehead atoms. The number of carbonyl (C=O) groups is 1. The van der Waals surface area contributed by atoms with Crippen molar-refractivity contribution in [1.82, 2.24) is 9.97 Å². The van der Waals surface area contributed by atoms with E-state index >= 15 is 0 Å². The normalized spacial score (nSPS) is 15.7. The van der Waals surface area contributed by atoms with Crippen LogP contribution >= 0.6 is 0 Å². The van der Waals surface area contributed by atoms with E-state index in [1.165, 1.54) is 12.8 Å². The van der Waals surface area contributed by atoms with E-state index in [0.717, 1.165) is 18.6 Å². The van der Waals surface area contributed by atoms with Crippen molar-refractivity contribution in [3.05, 3.63) is 60.3 Å². The minimum atomic E-state index is -1.18. The number of nitrogens with zero attached hydrogens (tertiary/aromatic N) is 5. The lowest BCUT2D eigenvalue weighted by Gasteiger charge is -2.37. The molecule has 1 fully saturated rings. The maximum absolute atomic E-state index is 12.9. The minimum Gasteiger partial charge on any atom is -0.459 e. The van der Waals surface area contributed by atoms with Crippen molar-refractivity contribution >= 4 is 28.5 Å². The van der Waals surface area contributed by atoms with E-state index in [0.29, 0.717) is 30.1 Å². The SMILES string of the molecule is COC[C@@H](C)OC(=O)[C@@H](C#N)c1nc2ccccc2nc1N1CCN(c2ccccc2)CC1. The van der Waals surface area contributed by atoms with Gasteiger partial charge in [0.25, 0.3) is 0 Å². The third-order valence-corrected chi connectivity index (χ3v) is 5.64. The molecular weight excluding hydrogens is 418 g/mol. The summed E-state index contributed by atoms with van der Waals surface area (Å²) in [5.41, 5.74) is 2.86. The second-order valence-corrected chi connectivity index (χ2v) is 8.00. The number of anilines is 2. The summed E-state index contributed by atoms with van der Waals surface area (Å²) in [6, 6.07) is 19.8. The van der Waals surface area contributed by atoms with E-state index in [-0.39, 0.29) is 6.61 Å². The van der Waals surface area contributed by atoms with Gasteiger partial charge in [-0.25, -0.2) is 9.97 Å². The number of rotatable bonds is 7. The molecule has 0 unspecified atom stereocenters. The highest BCUT2D eigenvalue weighted by Crippen LogP contribution is 2.29. The summed E-state index contributed by atoms with van der Waals surface area (Å²) < 4.78 is 10.5. The second-order valence-electron chi connectivity index (χ2n) is 8.00. The van der Waals surface area contributed by atoms with Gasteiger partial charge >= 0.3 is 5.97 Å². The zero-order chi connectivity index (χ0) is 23.2. The van der Waals surface area contributed by atoms with Crippen LogP contribution in [0.1, 0.15) is 18.5 Å². The number of methoxy groups -OCH3 is 1. The average Bonchev–Trinajstić information content (AvgIpc) is 2.85. The molecule has 33 heavy (non-hydrogen) atoms. The number of para-hydroxylation sites is 3. The van der Waals surface area contributed by atoms with E-state index < -0.39 is 18.0 Å². The molecule has 2 aromatic carbocycles. The fraction of sp³-hybridized carbons (Fsp3) is 0.360. The number of aromatic nitrogens is 2. The number of ether oxygens (including phenoxy) is 2. The largest absolute Gasteiger partial charge is 0.459 e. The van der Waals surface area contributed by atoms with Gasteiger partial charge < -0.3 is 19.3 Å². The molecule has 8 nitrogen and oxygen atoms in total. The Morgan fingerprint density at radius 3 is 2.24 bits per heavy atom. The van der Waals surface area contributed by atoms with Crippen LogP contribution in [0, 0.1) is 11.3 Å². The van der Waals surface area contributed by atoms with Gasteiger partial charge in [0.05, 0.1) is 23.7 Å². The third-order valence-electron chi connectivity index (χ3n) is 5.64. The molecule has 1 saturated heterocycles. The fourth-order valence-corrected chi connectivity index (χ4v) is 4.01. The van der Waals surface area contributed by atoms with Gasteiger partial charge in [0.2, 0.25) is 0 Å². The van der Waals surface area contributed by atoms with Gasteiger partial charge in [0, 0.05) is 39.0 Å².